The Kier molecular flexibility index (Phi) is 6.42. The molecule has 4 rings (SSSR count). The van der Waals surface area contributed by atoms with Crippen molar-refractivity contribution in [2.75, 3.05) is 5.32 Å². The van der Waals surface area contributed by atoms with Crippen LogP contribution < -0.4 is 9.88 Å². The third kappa shape index (κ3) is 4.66. The quantitative estimate of drug-likeness (QED) is 0.145. The summed E-state index contributed by atoms with van der Waals surface area (Å²) < 4.78 is 2.64. The van der Waals surface area contributed by atoms with Gasteiger partial charge in [0.2, 0.25) is 0 Å². The predicted molar refractivity (Wildman–Crippen MR) is 133 cm³/mol. The van der Waals surface area contributed by atoms with Crippen LogP contribution in [-0.2, 0) is 6.61 Å². The monoisotopic (exact) mass is 491 g/mol. The maximum absolute atomic E-state index is 11.2. The summed E-state index contributed by atoms with van der Waals surface area (Å²) in [6.45, 7) is -0.114. The van der Waals surface area contributed by atoms with E-state index in [2.05, 4.69) is 21.2 Å². The van der Waals surface area contributed by atoms with Gasteiger partial charge in [-0.05, 0) is 41.8 Å². The molecule has 1 aromatic heterocycles. The van der Waals surface area contributed by atoms with Crippen LogP contribution in [-0.4, -0.2) is 15.2 Å². The van der Waals surface area contributed by atoms with Gasteiger partial charge in [-0.2, -0.15) is 4.57 Å². The lowest BCUT2D eigenvalue weighted by Gasteiger charge is -2.12. The van der Waals surface area contributed by atoms with E-state index in [0.29, 0.717) is 21.8 Å². The van der Waals surface area contributed by atoms with E-state index in [1.54, 1.807) is 23.0 Å². The topological polar surface area (TPSA) is 56.4 Å². The standard InChI is InChI=1S/C25H19BrN2O2S/c26-20-12-10-19(11-13-20)24(30)23(28-14-4-5-17(15-28)16-29)25(31)27-22-9-3-7-18-6-1-2-8-21(18)22/h1-15,29H,16H2,(H-,27,30,31)/p+1. The normalized spacial score (nSPS) is 11.8. The summed E-state index contributed by atoms with van der Waals surface area (Å²) in [7, 11) is 0. The summed E-state index contributed by atoms with van der Waals surface area (Å²) in [5, 5.41) is 26.2. The molecule has 0 atom stereocenters. The van der Waals surface area contributed by atoms with Crippen LogP contribution in [0.1, 0.15) is 11.1 Å². The van der Waals surface area contributed by atoms with Gasteiger partial charge in [0.05, 0.1) is 6.61 Å². The Morgan fingerprint density at radius 3 is 2.45 bits per heavy atom. The number of thiocarbonyl (C=S) groups is 1. The van der Waals surface area contributed by atoms with Crippen LogP contribution in [0.15, 0.2) is 95.7 Å². The molecule has 0 bridgehead atoms. The summed E-state index contributed by atoms with van der Waals surface area (Å²) in [6, 6.07) is 25.0. The van der Waals surface area contributed by atoms with E-state index in [0.717, 1.165) is 20.9 Å². The third-order valence-corrected chi connectivity index (χ3v) is 5.72. The minimum atomic E-state index is -0.114. The summed E-state index contributed by atoms with van der Waals surface area (Å²) in [5.74, 6) is 0.0327. The first-order valence-electron chi connectivity index (χ1n) is 9.66. The number of fused-ring (bicyclic) bond motifs is 1. The van der Waals surface area contributed by atoms with Crippen molar-refractivity contribution in [2.45, 2.75) is 6.61 Å². The number of rotatable bonds is 5. The first-order valence-corrected chi connectivity index (χ1v) is 10.9. The molecule has 0 saturated carbocycles. The summed E-state index contributed by atoms with van der Waals surface area (Å²) in [5.41, 5.74) is 2.60. The number of nitrogens with zero attached hydrogens (tertiary/aromatic N) is 1. The highest BCUT2D eigenvalue weighted by Crippen LogP contribution is 2.25. The van der Waals surface area contributed by atoms with E-state index in [9.17, 15) is 10.2 Å². The molecule has 4 nitrogen and oxygen atoms in total. The van der Waals surface area contributed by atoms with Crippen LogP contribution in [0.3, 0.4) is 0 Å². The van der Waals surface area contributed by atoms with Crippen molar-refractivity contribution < 1.29 is 14.8 Å². The van der Waals surface area contributed by atoms with Crippen molar-refractivity contribution in [1.82, 2.24) is 0 Å². The molecule has 154 valence electrons. The van der Waals surface area contributed by atoms with Crippen molar-refractivity contribution in [2.24, 2.45) is 0 Å². The minimum absolute atomic E-state index is 0.0327. The largest absolute Gasteiger partial charge is 0.502 e. The predicted octanol–water partition coefficient (Wildman–Crippen LogP) is 5.71. The van der Waals surface area contributed by atoms with Crippen molar-refractivity contribution >= 4 is 61.1 Å². The molecule has 0 aliphatic rings. The molecule has 3 N–H and O–H groups in total. The number of halogens is 1. The minimum Gasteiger partial charge on any atom is -0.502 e. The lowest BCUT2D eigenvalue weighted by Crippen LogP contribution is -2.39. The van der Waals surface area contributed by atoms with Crippen LogP contribution in [0, 0.1) is 0 Å². The van der Waals surface area contributed by atoms with Crippen molar-refractivity contribution in [1.29, 1.82) is 0 Å². The second-order valence-corrected chi connectivity index (χ2v) is 8.29. The Morgan fingerprint density at radius 1 is 0.935 bits per heavy atom. The van der Waals surface area contributed by atoms with E-state index >= 15 is 0 Å². The number of hydrogen-bond acceptors (Lipinski definition) is 3. The van der Waals surface area contributed by atoms with Gasteiger partial charge in [-0.1, -0.05) is 64.5 Å². The fourth-order valence-electron chi connectivity index (χ4n) is 3.36. The maximum Gasteiger partial charge on any atom is 0.288 e. The lowest BCUT2D eigenvalue weighted by atomic mass is 10.1. The first-order chi connectivity index (χ1) is 15.1. The number of nitrogens with one attached hydrogen (secondary N) is 1. The first kappa shape index (κ1) is 21.2. The van der Waals surface area contributed by atoms with Gasteiger partial charge in [-0.3, -0.25) is 0 Å². The van der Waals surface area contributed by atoms with Crippen LogP contribution in [0.2, 0.25) is 0 Å². The average molecular weight is 492 g/mol. The van der Waals surface area contributed by atoms with E-state index in [1.807, 2.05) is 72.8 Å². The Bertz CT molecular complexity index is 1280. The second-order valence-electron chi connectivity index (χ2n) is 6.96. The Labute approximate surface area is 194 Å². The molecule has 1 heterocycles. The van der Waals surface area contributed by atoms with Crippen LogP contribution in [0.4, 0.5) is 5.69 Å². The number of hydrogen-bond donors (Lipinski definition) is 3. The molecule has 0 amide bonds. The molecule has 0 aliphatic carbocycles. The Hall–Kier alpha value is -3.06. The molecule has 31 heavy (non-hydrogen) atoms. The van der Waals surface area contributed by atoms with Gasteiger partial charge < -0.3 is 15.5 Å². The lowest BCUT2D eigenvalue weighted by molar-refractivity contribution is -0.576. The van der Waals surface area contributed by atoms with Gasteiger partial charge >= 0.3 is 0 Å². The van der Waals surface area contributed by atoms with Gasteiger partial charge in [0.25, 0.3) is 5.70 Å². The molecule has 0 fully saturated rings. The Morgan fingerprint density at radius 2 is 1.68 bits per heavy atom. The van der Waals surface area contributed by atoms with Crippen LogP contribution in [0.5, 0.6) is 0 Å². The second kappa shape index (κ2) is 9.39. The highest BCUT2D eigenvalue weighted by molar-refractivity contribution is 9.10. The van der Waals surface area contributed by atoms with Gasteiger partial charge in [0.1, 0.15) is 0 Å². The molecule has 0 aliphatic heterocycles. The highest BCUT2D eigenvalue weighted by atomic mass is 79.9. The molecule has 0 saturated heterocycles. The smallest absolute Gasteiger partial charge is 0.288 e. The van der Waals surface area contributed by atoms with E-state index in [4.69, 9.17) is 12.2 Å². The van der Waals surface area contributed by atoms with E-state index in [1.165, 1.54) is 0 Å². The molecule has 3 aromatic carbocycles. The molecule has 0 radical (unpaired) electrons. The number of aliphatic hydroxyl groups excluding tert-OH is 2. The number of aliphatic hydroxyl groups is 2. The van der Waals surface area contributed by atoms with Crippen LogP contribution >= 0.6 is 28.1 Å². The van der Waals surface area contributed by atoms with Gasteiger partial charge in [-0.25, -0.2) is 0 Å². The van der Waals surface area contributed by atoms with E-state index in [-0.39, 0.29) is 12.4 Å². The fourth-order valence-corrected chi connectivity index (χ4v) is 3.94. The molecule has 6 heteroatoms. The molecule has 4 aromatic rings. The molecule has 0 unspecified atom stereocenters. The molecular weight excluding hydrogens is 472 g/mol. The van der Waals surface area contributed by atoms with E-state index < -0.39 is 0 Å². The number of aromatic nitrogens is 1. The SMILES string of the molecule is OCc1ccc[n+](/C(C(=S)Nc2cccc3ccccc23)=C(/O)c2ccc(Br)cc2)c1. The number of pyridine rings is 1. The summed E-state index contributed by atoms with van der Waals surface area (Å²) in [6.07, 6.45) is 3.54. The molecule has 0 spiro atoms. The zero-order chi connectivity index (χ0) is 21.8. The van der Waals surface area contributed by atoms with Gasteiger partial charge in [0, 0.05) is 32.7 Å². The Balaban J connectivity index is 1.82. The van der Waals surface area contributed by atoms with Crippen molar-refractivity contribution in [3.63, 3.8) is 0 Å². The summed E-state index contributed by atoms with van der Waals surface area (Å²) in [4.78, 5) is 0.358. The van der Waals surface area contributed by atoms with Gasteiger partial charge in [0.15, 0.2) is 23.1 Å². The fraction of sp³-hybridized carbons (Fsp3) is 0.0400. The molecular formula is C25H20BrN2O2S+. The zero-order valence-corrected chi connectivity index (χ0v) is 18.9. The summed E-state index contributed by atoms with van der Waals surface area (Å²) >= 11 is 9.19. The van der Waals surface area contributed by atoms with Crippen molar-refractivity contribution in [3.05, 3.63) is 107 Å². The average Bonchev–Trinajstić information content (AvgIpc) is 2.80. The number of anilines is 1. The van der Waals surface area contributed by atoms with Gasteiger partial charge in [-0.15, -0.1) is 0 Å². The van der Waals surface area contributed by atoms with Crippen molar-refractivity contribution in [3.8, 4) is 0 Å². The number of benzene rings is 3. The maximum atomic E-state index is 11.2. The zero-order valence-electron chi connectivity index (χ0n) is 16.5. The third-order valence-electron chi connectivity index (χ3n) is 4.90. The van der Waals surface area contributed by atoms with Crippen LogP contribution in [0.25, 0.3) is 22.2 Å². The highest BCUT2D eigenvalue weighted by Gasteiger charge is 2.24.